The molecule has 0 spiro atoms. The van der Waals surface area contributed by atoms with Gasteiger partial charge in [0.15, 0.2) is 0 Å². The van der Waals surface area contributed by atoms with Crippen LogP contribution in [0.1, 0.15) is 19.8 Å². The number of halogens is 1. The van der Waals surface area contributed by atoms with Gasteiger partial charge in [0, 0.05) is 20.1 Å². The van der Waals surface area contributed by atoms with Crippen molar-refractivity contribution in [1.29, 1.82) is 0 Å². The summed E-state index contributed by atoms with van der Waals surface area (Å²) >= 11 is 0. The molecule has 5 nitrogen and oxygen atoms in total. The maximum absolute atomic E-state index is 13.6. The first-order valence-corrected chi connectivity index (χ1v) is 7.19. The van der Waals surface area contributed by atoms with E-state index in [2.05, 4.69) is 10.6 Å². The van der Waals surface area contributed by atoms with Crippen LogP contribution in [0.3, 0.4) is 0 Å². The van der Waals surface area contributed by atoms with Crippen molar-refractivity contribution in [1.82, 2.24) is 10.6 Å². The fourth-order valence-electron chi connectivity index (χ4n) is 1.91. The Morgan fingerprint density at radius 3 is 2.76 bits per heavy atom. The Kier molecular flexibility index (Phi) is 7.53. The second kappa shape index (κ2) is 9.18. The number of aliphatic hydroxyl groups excluding tert-OH is 1. The zero-order valence-electron chi connectivity index (χ0n) is 12.6. The second-order valence-electron chi connectivity index (χ2n) is 4.91. The summed E-state index contributed by atoms with van der Waals surface area (Å²) in [5.41, 5.74) is 0.549. The number of benzene rings is 1. The van der Waals surface area contributed by atoms with E-state index in [0.29, 0.717) is 31.6 Å². The van der Waals surface area contributed by atoms with E-state index in [4.69, 9.17) is 5.11 Å². The van der Waals surface area contributed by atoms with Gasteiger partial charge in [0.05, 0.1) is 18.3 Å². The topological polar surface area (TPSA) is 64.6 Å². The summed E-state index contributed by atoms with van der Waals surface area (Å²) in [5, 5.41) is 14.4. The number of hydrogen-bond donors (Lipinski definition) is 3. The van der Waals surface area contributed by atoms with Gasteiger partial charge in [-0.3, -0.25) is 0 Å². The zero-order chi connectivity index (χ0) is 15.7. The highest BCUT2D eigenvalue weighted by atomic mass is 19.1. The van der Waals surface area contributed by atoms with Crippen LogP contribution in [0.2, 0.25) is 0 Å². The molecule has 1 rings (SSSR count). The summed E-state index contributed by atoms with van der Waals surface area (Å²) in [5.74, 6) is -0.251. The molecular weight excluding hydrogens is 273 g/mol. The molecule has 3 N–H and O–H groups in total. The monoisotopic (exact) mass is 297 g/mol. The van der Waals surface area contributed by atoms with Crippen LogP contribution >= 0.6 is 0 Å². The number of carbonyl (C=O) groups excluding carboxylic acids is 1. The van der Waals surface area contributed by atoms with Gasteiger partial charge in [-0.1, -0.05) is 19.1 Å². The standard InChI is InChI=1S/C15H24FN3O2/c1-3-12(11-20)18-15(21)17-9-6-10-19(2)14-8-5-4-7-13(14)16/h4-5,7-8,12,20H,3,6,9-11H2,1-2H3,(H2,17,18,21). The van der Waals surface area contributed by atoms with Gasteiger partial charge in [0.25, 0.3) is 0 Å². The zero-order valence-corrected chi connectivity index (χ0v) is 12.6. The third-order valence-electron chi connectivity index (χ3n) is 3.27. The lowest BCUT2D eigenvalue weighted by atomic mass is 10.2. The minimum atomic E-state index is -0.288. The number of rotatable bonds is 8. The normalized spacial score (nSPS) is 11.8. The van der Waals surface area contributed by atoms with Gasteiger partial charge in [-0.2, -0.15) is 0 Å². The average Bonchev–Trinajstić information content (AvgIpc) is 2.49. The lowest BCUT2D eigenvalue weighted by Gasteiger charge is -2.20. The number of nitrogens with zero attached hydrogens (tertiary/aromatic N) is 1. The van der Waals surface area contributed by atoms with Gasteiger partial charge in [0.2, 0.25) is 0 Å². The minimum absolute atomic E-state index is 0.0695. The number of para-hydroxylation sites is 1. The Balaban J connectivity index is 2.25. The summed E-state index contributed by atoms with van der Waals surface area (Å²) < 4.78 is 13.6. The van der Waals surface area contributed by atoms with Crippen LogP contribution in [0.25, 0.3) is 0 Å². The largest absolute Gasteiger partial charge is 0.394 e. The van der Waals surface area contributed by atoms with Gasteiger partial charge in [-0.05, 0) is 25.0 Å². The molecule has 1 atom stereocenters. The second-order valence-corrected chi connectivity index (χ2v) is 4.91. The van der Waals surface area contributed by atoms with Gasteiger partial charge in [0.1, 0.15) is 5.82 Å². The average molecular weight is 297 g/mol. The Morgan fingerprint density at radius 1 is 1.43 bits per heavy atom. The number of anilines is 1. The molecule has 1 aromatic rings. The maximum atomic E-state index is 13.6. The van der Waals surface area contributed by atoms with E-state index in [0.717, 1.165) is 0 Å². The van der Waals surface area contributed by atoms with E-state index in [1.165, 1.54) is 6.07 Å². The van der Waals surface area contributed by atoms with E-state index in [9.17, 15) is 9.18 Å². The molecule has 0 aromatic heterocycles. The number of amides is 2. The fraction of sp³-hybridized carbons (Fsp3) is 0.533. The van der Waals surface area contributed by atoms with Crippen molar-refractivity contribution in [2.45, 2.75) is 25.8 Å². The quantitative estimate of drug-likeness (QED) is 0.640. The van der Waals surface area contributed by atoms with Crippen LogP contribution < -0.4 is 15.5 Å². The summed E-state index contributed by atoms with van der Waals surface area (Å²) in [6.45, 7) is 2.95. The Labute approximate surface area is 125 Å². The number of carbonyl (C=O) groups is 1. The number of urea groups is 1. The summed E-state index contributed by atoms with van der Waals surface area (Å²) in [4.78, 5) is 13.4. The molecule has 0 aliphatic carbocycles. The molecule has 1 aromatic carbocycles. The highest BCUT2D eigenvalue weighted by Gasteiger charge is 2.09. The summed E-state index contributed by atoms with van der Waals surface area (Å²) in [6.07, 6.45) is 1.38. The maximum Gasteiger partial charge on any atom is 0.315 e. The number of nitrogens with one attached hydrogen (secondary N) is 2. The molecule has 21 heavy (non-hydrogen) atoms. The Hall–Kier alpha value is -1.82. The van der Waals surface area contributed by atoms with Crippen molar-refractivity contribution < 1.29 is 14.3 Å². The van der Waals surface area contributed by atoms with E-state index < -0.39 is 0 Å². The molecule has 0 saturated heterocycles. The SMILES string of the molecule is CCC(CO)NC(=O)NCCCN(C)c1ccccc1F. The summed E-state index contributed by atoms with van der Waals surface area (Å²) in [7, 11) is 1.82. The van der Waals surface area contributed by atoms with Crippen LogP contribution in [0, 0.1) is 5.82 Å². The first-order chi connectivity index (χ1) is 10.1. The van der Waals surface area contributed by atoms with Crippen molar-refractivity contribution >= 4 is 11.7 Å². The van der Waals surface area contributed by atoms with Gasteiger partial charge in [-0.25, -0.2) is 9.18 Å². The smallest absolute Gasteiger partial charge is 0.315 e. The van der Waals surface area contributed by atoms with Gasteiger partial charge >= 0.3 is 6.03 Å². The highest BCUT2D eigenvalue weighted by Crippen LogP contribution is 2.16. The predicted octanol–water partition coefficient (Wildman–Crippen LogP) is 1.72. The predicted molar refractivity (Wildman–Crippen MR) is 82.0 cm³/mol. The van der Waals surface area contributed by atoms with Gasteiger partial charge in [-0.15, -0.1) is 0 Å². The molecule has 0 radical (unpaired) electrons. The molecule has 118 valence electrons. The molecule has 0 aliphatic rings. The van der Waals surface area contributed by atoms with Crippen molar-refractivity contribution in [2.24, 2.45) is 0 Å². The van der Waals surface area contributed by atoms with Crippen LogP contribution in [0.5, 0.6) is 0 Å². The lowest BCUT2D eigenvalue weighted by molar-refractivity contribution is 0.214. The van der Waals surface area contributed by atoms with E-state index >= 15 is 0 Å². The first-order valence-electron chi connectivity index (χ1n) is 7.19. The van der Waals surface area contributed by atoms with Crippen molar-refractivity contribution in [3.8, 4) is 0 Å². The van der Waals surface area contributed by atoms with Gasteiger partial charge < -0.3 is 20.6 Å². The lowest BCUT2D eigenvalue weighted by Crippen LogP contribution is -2.44. The van der Waals surface area contributed by atoms with Crippen LogP contribution in [-0.4, -0.2) is 43.9 Å². The molecule has 0 bridgehead atoms. The van der Waals surface area contributed by atoms with Crippen LogP contribution in [0.15, 0.2) is 24.3 Å². The Morgan fingerprint density at radius 2 is 2.14 bits per heavy atom. The van der Waals surface area contributed by atoms with E-state index in [1.807, 2.05) is 18.9 Å². The summed E-state index contributed by atoms with van der Waals surface area (Å²) in [6, 6.07) is 6.10. The number of aliphatic hydroxyl groups is 1. The van der Waals surface area contributed by atoms with Crippen molar-refractivity contribution in [3.05, 3.63) is 30.1 Å². The molecule has 0 heterocycles. The van der Waals surface area contributed by atoms with E-state index in [1.54, 1.807) is 18.2 Å². The molecule has 0 fully saturated rings. The van der Waals surface area contributed by atoms with E-state index in [-0.39, 0.29) is 24.5 Å². The molecule has 1 unspecified atom stereocenters. The highest BCUT2D eigenvalue weighted by molar-refractivity contribution is 5.74. The third kappa shape index (κ3) is 5.99. The molecule has 6 heteroatoms. The van der Waals surface area contributed by atoms with Crippen LogP contribution in [0.4, 0.5) is 14.9 Å². The third-order valence-corrected chi connectivity index (χ3v) is 3.27. The van der Waals surface area contributed by atoms with Crippen molar-refractivity contribution in [3.63, 3.8) is 0 Å². The molecule has 0 saturated carbocycles. The fourth-order valence-corrected chi connectivity index (χ4v) is 1.91. The van der Waals surface area contributed by atoms with Crippen molar-refractivity contribution in [2.75, 3.05) is 31.6 Å². The molecule has 0 aliphatic heterocycles. The Bertz CT molecular complexity index is 439. The number of hydrogen-bond acceptors (Lipinski definition) is 3. The molecule has 2 amide bonds. The first kappa shape index (κ1) is 17.2. The molecular formula is C15H24FN3O2. The van der Waals surface area contributed by atoms with Crippen LogP contribution in [-0.2, 0) is 0 Å². The minimum Gasteiger partial charge on any atom is -0.394 e.